The van der Waals surface area contributed by atoms with Crippen molar-refractivity contribution >= 4 is 22.7 Å². The maximum Gasteiger partial charge on any atom is 0.406 e. The van der Waals surface area contributed by atoms with Gasteiger partial charge in [0.05, 0.1) is 6.42 Å². The van der Waals surface area contributed by atoms with Gasteiger partial charge in [0.25, 0.3) is 0 Å². The number of fused-ring (bicyclic) bond motifs is 1. The summed E-state index contributed by atoms with van der Waals surface area (Å²) in [7, 11) is 0. The average Bonchev–Trinajstić information content (AvgIpc) is 3.15. The molecule has 0 fully saturated rings. The lowest BCUT2D eigenvalue weighted by Crippen LogP contribution is -2.20. The number of para-hydroxylation sites is 1. The SMILES string of the molecule is Cc1cc(C(=O)COC(=O)Cc2noc3ccccc23)c(C)n1CC(F)(F)F. The van der Waals surface area contributed by atoms with Gasteiger partial charge in [-0.2, -0.15) is 13.2 Å². The molecule has 0 aliphatic rings. The zero-order chi connectivity index (χ0) is 20.5. The molecule has 0 N–H and O–H groups in total. The monoisotopic (exact) mass is 394 g/mol. The van der Waals surface area contributed by atoms with Gasteiger partial charge in [-0.25, -0.2) is 0 Å². The summed E-state index contributed by atoms with van der Waals surface area (Å²) in [6.07, 6.45) is -4.58. The van der Waals surface area contributed by atoms with E-state index in [1.807, 2.05) is 0 Å². The highest BCUT2D eigenvalue weighted by atomic mass is 19.4. The molecule has 6 nitrogen and oxygen atoms in total. The van der Waals surface area contributed by atoms with Crippen LogP contribution in [0.3, 0.4) is 0 Å². The maximum absolute atomic E-state index is 12.7. The number of carbonyl (C=O) groups is 2. The first kappa shape index (κ1) is 19.7. The van der Waals surface area contributed by atoms with E-state index in [0.717, 1.165) is 4.57 Å². The highest BCUT2D eigenvalue weighted by Crippen LogP contribution is 2.23. The van der Waals surface area contributed by atoms with Gasteiger partial charge in [0.1, 0.15) is 12.2 Å². The minimum atomic E-state index is -4.40. The van der Waals surface area contributed by atoms with Gasteiger partial charge in [-0.3, -0.25) is 9.59 Å². The summed E-state index contributed by atoms with van der Waals surface area (Å²) in [6.45, 7) is 1.16. The van der Waals surface area contributed by atoms with E-state index >= 15 is 0 Å². The number of hydrogen-bond donors (Lipinski definition) is 0. The Morgan fingerprint density at radius 2 is 1.93 bits per heavy atom. The molecule has 148 valence electrons. The van der Waals surface area contributed by atoms with Crippen LogP contribution >= 0.6 is 0 Å². The topological polar surface area (TPSA) is 74.3 Å². The van der Waals surface area contributed by atoms with E-state index < -0.39 is 31.1 Å². The fraction of sp³-hybridized carbons (Fsp3) is 0.316. The lowest BCUT2D eigenvalue weighted by Gasteiger charge is -2.12. The number of aromatic nitrogens is 2. The van der Waals surface area contributed by atoms with Gasteiger partial charge < -0.3 is 13.8 Å². The average molecular weight is 394 g/mol. The number of rotatable bonds is 6. The van der Waals surface area contributed by atoms with Gasteiger partial charge in [-0.15, -0.1) is 0 Å². The third-order valence-electron chi connectivity index (χ3n) is 4.34. The lowest BCUT2D eigenvalue weighted by atomic mass is 10.1. The molecule has 1 aromatic carbocycles. The summed E-state index contributed by atoms with van der Waals surface area (Å²) in [5.74, 6) is -1.25. The van der Waals surface area contributed by atoms with Crippen LogP contribution in [0.25, 0.3) is 11.0 Å². The first-order valence-corrected chi connectivity index (χ1v) is 8.41. The molecular formula is C19H17F3N2O4. The van der Waals surface area contributed by atoms with E-state index in [9.17, 15) is 22.8 Å². The van der Waals surface area contributed by atoms with E-state index in [1.54, 1.807) is 24.3 Å². The summed E-state index contributed by atoms with van der Waals surface area (Å²) in [4.78, 5) is 24.3. The summed E-state index contributed by atoms with van der Waals surface area (Å²) >= 11 is 0. The van der Waals surface area contributed by atoms with E-state index in [2.05, 4.69) is 5.16 Å². The third kappa shape index (κ3) is 4.24. The summed E-state index contributed by atoms with van der Waals surface area (Å²) < 4.78 is 49.1. The molecule has 0 spiro atoms. The standard InChI is InChI=1S/C19H17F3N2O4/c1-11-7-14(12(2)24(11)10-19(20,21)22)16(25)9-27-18(26)8-15-13-5-3-4-6-17(13)28-23-15/h3-7H,8-10H2,1-2H3. The Kier molecular flexibility index (Phi) is 5.26. The third-order valence-corrected chi connectivity index (χ3v) is 4.34. The maximum atomic E-state index is 12.7. The highest BCUT2D eigenvalue weighted by Gasteiger charge is 2.30. The Bertz CT molecular complexity index is 1030. The van der Waals surface area contributed by atoms with Crippen molar-refractivity contribution in [2.75, 3.05) is 6.61 Å². The number of nitrogens with zero attached hydrogens (tertiary/aromatic N) is 2. The Hall–Kier alpha value is -3.10. The van der Waals surface area contributed by atoms with Crippen molar-refractivity contribution in [3.8, 4) is 0 Å². The van der Waals surface area contributed by atoms with Crippen molar-refractivity contribution in [2.45, 2.75) is 33.0 Å². The minimum absolute atomic E-state index is 0.0986. The molecule has 0 atom stereocenters. The number of esters is 1. The Balaban J connectivity index is 1.64. The van der Waals surface area contributed by atoms with Crippen molar-refractivity contribution in [1.82, 2.24) is 9.72 Å². The second kappa shape index (κ2) is 7.49. The predicted octanol–water partition coefficient (Wildman–Crippen LogP) is 3.78. The second-order valence-electron chi connectivity index (χ2n) is 6.37. The van der Waals surface area contributed by atoms with Crippen molar-refractivity contribution in [2.24, 2.45) is 0 Å². The van der Waals surface area contributed by atoms with Crippen molar-refractivity contribution in [3.63, 3.8) is 0 Å². The van der Waals surface area contributed by atoms with Gasteiger partial charge >= 0.3 is 12.1 Å². The fourth-order valence-corrected chi connectivity index (χ4v) is 2.98. The van der Waals surface area contributed by atoms with Gasteiger partial charge in [0.15, 0.2) is 12.2 Å². The molecule has 0 amide bonds. The molecule has 3 rings (SSSR count). The summed E-state index contributed by atoms with van der Waals surface area (Å²) in [6, 6.07) is 8.35. The lowest BCUT2D eigenvalue weighted by molar-refractivity contribution is -0.142. The minimum Gasteiger partial charge on any atom is -0.457 e. The van der Waals surface area contributed by atoms with Crippen LogP contribution < -0.4 is 0 Å². The van der Waals surface area contributed by atoms with Gasteiger partial charge in [-0.1, -0.05) is 17.3 Å². The molecule has 0 unspecified atom stereocenters. The quantitative estimate of drug-likeness (QED) is 0.470. The van der Waals surface area contributed by atoms with Crippen molar-refractivity contribution in [1.29, 1.82) is 0 Å². The van der Waals surface area contributed by atoms with Crippen LogP contribution in [0.5, 0.6) is 0 Å². The highest BCUT2D eigenvalue weighted by molar-refractivity contribution is 5.99. The van der Waals surface area contributed by atoms with E-state index in [1.165, 1.54) is 19.9 Å². The Morgan fingerprint density at radius 3 is 2.64 bits per heavy atom. The second-order valence-corrected chi connectivity index (χ2v) is 6.37. The van der Waals surface area contributed by atoms with Crippen molar-refractivity contribution in [3.05, 3.63) is 53.0 Å². The van der Waals surface area contributed by atoms with Crippen LogP contribution in [0.2, 0.25) is 0 Å². The molecule has 0 saturated carbocycles. The largest absolute Gasteiger partial charge is 0.457 e. The molecule has 0 radical (unpaired) electrons. The fourth-order valence-electron chi connectivity index (χ4n) is 2.98. The molecule has 9 heteroatoms. The molecule has 0 aliphatic heterocycles. The van der Waals surface area contributed by atoms with E-state index in [0.29, 0.717) is 22.4 Å². The van der Waals surface area contributed by atoms with Crippen LogP contribution in [-0.4, -0.2) is 34.3 Å². The van der Waals surface area contributed by atoms with Crippen LogP contribution in [0.4, 0.5) is 13.2 Å². The van der Waals surface area contributed by atoms with Crippen molar-refractivity contribution < 1.29 is 32.0 Å². The normalized spacial score (nSPS) is 11.8. The first-order valence-electron chi connectivity index (χ1n) is 8.41. The molecule has 2 heterocycles. The summed E-state index contributed by atoms with van der Waals surface area (Å²) in [5.41, 5.74) is 1.49. The van der Waals surface area contributed by atoms with Gasteiger partial charge in [0, 0.05) is 22.3 Å². The number of alkyl halides is 3. The Labute approximate surface area is 157 Å². The van der Waals surface area contributed by atoms with Gasteiger partial charge in [0.2, 0.25) is 5.78 Å². The predicted molar refractivity (Wildman–Crippen MR) is 93.0 cm³/mol. The number of aryl methyl sites for hydroxylation is 1. The molecule has 28 heavy (non-hydrogen) atoms. The number of ether oxygens (including phenoxy) is 1. The van der Waals surface area contributed by atoms with Crippen LogP contribution in [0.15, 0.2) is 34.9 Å². The van der Waals surface area contributed by atoms with Crippen LogP contribution in [-0.2, 0) is 22.5 Å². The van der Waals surface area contributed by atoms with Gasteiger partial charge in [-0.05, 0) is 32.0 Å². The Morgan fingerprint density at radius 1 is 1.21 bits per heavy atom. The molecular weight excluding hydrogens is 377 g/mol. The molecule has 0 bridgehead atoms. The van der Waals surface area contributed by atoms with Crippen LogP contribution in [0.1, 0.15) is 27.4 Å². The molecule has 0 saturated heterocycles. The number of ketones is 1. The van der Waals surface area contributed by atoms with Crippen LogP contribution in [0, 0.1) is 13.8 Å². The van der Waals surface area contributed by atoms with E-state index in [-0.39, 0.29) is 17.7 Å². The first-order chi connectivity index (χ1) is 13.2. The van der Waals surface area contributed by atoms with E-state index in [4.69, 9.17) is 9.26 Å². The number of Topliss-reactive ketones (excluding diaryl/α,β-unsaturated/α-hetero) is 1. The number of hydrogen-bond acceptors (Lipinski definition) is 5. The number of benzene rings is 1. The number of halogens is 3. The molecule has 3 aromatic rings. The summed E-state index contributed by atoms with van der Waals surface area (Å²) in [5, 5.41) is 4.48. The molecule has 2 aromatic heterocycles. The zero-order valence-corrected chi connectivity index (χ0v) is 15.2. The zero-order valence-electron chi connectivity index (χ0n) is 15.2. The smallest absolute Gasteiger partial charge is 0.406 e. The molecule has 0 aliphatic carbocycles. The number of carbonyl (C=O) groups excluding carboxylic acids is 2.